The van der Waals surface area contributed by atoms with Crippen LogP contribution in [-0.2, 0) is 15.4 Å². The van der Waals surface area contributed by atoms with Crippen molar-refractivity contribution < 1.29 is 26.7 Å². The fourth-order valence-electron chi connectivity index (χ4n) is 5.10. The van der Waals surface area contributed by atoms with Crippen molar-refractivity contribution in [2.24, 2.45) is 5.10 Å². The Bertz CT molecular complexity index is 1170. The summed E-state index contributed by atoms with van der Waals surface area (Å²) in [5, 5.41) is 4.28. The highest BCUT2D eigenvalue weighted by Crippen LogP contribution is 2.49. The molecule has 2 aromatic rings. The van der Waals surface area contributed by atoms with E-state index in [0.717, 1.165) is 36.2 Å². The number of benzene rings is 2. The van der Waals surface area contributed by atoms with Crippen LogP contribution >= 0.6 is 0 Å². The number of aryl methyl sites for hydroxylation is 1. The summed E-state index contributed by atoms with van der Waals surface area (Å²) in [5.74, 6) is 0.273. The molecule has 1 saturated carbocycles. The van der Waals surface area contributed by atoms with Gasteiger partial charge in [-0.3, -0.25) is 0 Å². The number of sulfonamides is 1. The molecule has 0 spiro atoms. The van der Waals surface area contributed by atoms with Crippen molar-refractivity contribution in [3.8, 4) is 11.5 Å². The molecule has 2 aliphatic rings. The van der Waals surface area contributed by atoms with Gasteiger partial charge in [-0.1, -0.05) is 23.8 Å². The molecule has 0 amide bonds. The first-order valence-electron chi connectivity index (χ1n) is 11.1. The highest BCUT2D eigenvalue weighted by Gasteiger charge is 2.50. The fraction of sp³-hybridized carbons (Fsp3) is 0.458. The number of methoxy groups -OCH3 is 1. The first kappa shape index (κ1) is 24.4. The fourth-order valence-corrected chi connectivity index (χ4v) is 5.95. The molecule has 0 unspecified atom stereocenters. The van der Waals surface area contributed by atoms with Crippen LogP contribution in [0.1, 0.15) is 36.8 Å². The van der Waals surface area contributed by atoms with Gasteiger partial charge in [0.1, 0.15) is 0 Å². The Hall–Kier alpha value is -2.72. The number of hydrogen-bond acceptors (Lipinski definition) is 6. The lowest BCUT2D eigenvalue weighted by Crippen LogP contribution is -2.46. The molecule has 0 bridgehead atoms. The van der Waals surface area contributed by atoms with E-state index >= 15 is 0 Å². The minimum atomic E-state index is -3.75. The zero-order valence-corrected chi connectivity index (χ0v) is 20.2. The number of likely N-dealkylation sites (N-methyl/N-ethyl adjacent to an activating group) is 1. The zero-order chi connectivity index (χ0) is 24.5. The van der Waals surface area contributed by atoms with Gasteiger partial charge in [-0.15, -0.1) is 0 Å². The number of nitrogens with one attached hydrogen (secondary N) is 1. The summed E-state index contributed by atoms with van der Waals surface area (Å²) in [6, 6.07) is 11.8. The van der Waals surface area contributed by atoms with Gasteiger partial charge in [0.2, 0.25) is 0 Å². The first-order chi connectivity index (χ1) is 16.1. The zero-order valence-electron chi connectivity index (χ0n) is 19.4. The van der Waals surface area contributed by atoms with Crippen molar-refractivity contribution in [1.29, 1.82) is 0 Å². The van der Waals surface area contributed by atoms with Gasteiger partial charge in [-0.05, 0) is 69.6 Å². The van der Waals surface area contributed by atoms with Crippen molar-refractivity contribution in [3.63, 3.8) is 0 Å². The Morgan fingerprint density at radius 1 is 1.15 bits per heavy atom. The first-order valence-corrected chi connectivity index (χ1v) is 12.6. The van der Waals surface area contributed by atoms with E-state index in [-0.39, 0.29) is 27.9 Å². The lowest BCUT2D eigenvalue weighted by molar-refractivity contribution is -0.0512. The summed E-state index contributed by atoms with van der Waals surface area (Å²) in [5.41, 5.74) is 2.55. The quantitative estimate of drug-likeness (QED) is 0.589. The number of likely N-dealkylation sites (tertiary alicyclic amines) is 1. The highest BCUT2D eigenvalue weighted by atomic mass is 32.2. The third kappa shape index (κ3) is 4.74. The standard InChI is InChI=1S/C24H29F2N3O4S/c1-16-4-7-19(8-5-16)34(30,31)28-27-18-10-11-24(12-13-29(2)22(24)15-18)17-6-9-20(33-23(25)26)21(14-17)32-3/h4-9,14,22-23,28H,10-13,15H2,1-3H3/b27-18+/t22-,24-/m0/s1. The van der Waals surface area contributed by atoms with Crippen LogP contribution in [0.2, 0.25) is 0 Å². The minimum Gasteiger partial charge on any atom is -0.493 e. The number of rotatable bonds is 7. The average molecular weight is 494 g/mol. The molecule has 1 aliphatic heterocycles. The molecule has 7 nitrogen and oxygen atoms in total. The summed E-state index contributed by atoms with van der Waals surface area (Å²) in [6.07, 6.45) is 2.88. The van der Waals surface area contributed by atoms with Gasteiger partial charge in [0.05, 0.1) is 12.0 Å². The molecule has 2 aromatic carbocycles. The van der Waals surface area contributed by atoms with Crippen molar-refractivity contribution in [3.05, 3.63) is 53.6 Å². The van der Waals surface area contributed by atoms with Crippen molar-refractivity contribution in [1.82, 2.24) is 9.73 Å². The van der Waals surface area contributed by atoms with Crippen LogP contribution < -0.4 is 14.3 Å². The van der Waals surface area contributed by atoms with Crippen molar-refractivity contribution >= 4 is 15.7 Å². The maximum atomic E-state index is 12.7. The topological polar surface area (TPSA) is 80.2 Å². The maximum absolute atomic E-state index is 12.7. The molecule has 1 saturated heterocycles. The molecule has 2 fully saturated rings. The monoisotopic (exact) mass is 493 g/mol. The predicted molar refractivity (Wildman–Crippen MR) is 125 cm³/mol. The van der Waals surface area contributed by atoms with Gasteiger partial charge >= 0.3 is 6.61 Å². The Morgan fingerprint density at radius 3 is 2.56 bits per heavy atom. The minimum absolute atomic E-state index is 0.00382. The summed E-state index contributed by atoms with van der Waals surface area (Å²) >= 11 is 0. The van der Waals surface area contributed by atoms with Crippen LogP contribution in [0.4, 0.5) is 8.78 Å². The number of fused-ring (bicyclic) bond motifs is 1. The molecule has 4 rings (SSSR count). The smallest absolute Gasteiger partial charge is 0.387 e. The molecule has 34 heavy (non-hydrogen) atoms. The molecule has 1 aliphatic carbocycles. The second-order valence-electron chi connectivity index (χ2n) is 8.94. The summed E-state index contributed by atoms with van der Waals surface area (Å²) in [4.78, 5) is 4.81. The number of alkyl halides is 2. The third-order valence-corrected chi connectivity index (χ3v) is 8.20. The second-order valence-corrected chi connectivity index (χ2v) is 10.6. The summed E-state index contributed by atoms with van der Waals surface area (Å²) < 4.78 is 60.6. The molecule has 0 radical (unpaired) electrons. The Balaban J connectivity index is 1.56. The van der Waals surface area contributed by atoms with E-state index in [9.17, 15) is 17.2 Å². The van der Waals surface area contributed by atoms with E-state index in [1.807, 2.05) is 20.0 Å². The molecule has 1 N–H and O–H groups in total. The second kappa shape index (κ2) is 9.50. The van der Waals surface area contributed by atoms with E-state index in [1.165, 1.54) is 13.2 Å². The molecular weight excluding hydrogens is 464 g/mol. The van der Waals surface area contributed by atoms with E-state index in [2.05, 4.69) is 19.6 Å². The van der Waals surface area contributed by atoms with Crippen LogP contribution in [0.15, 0.2) is 52.5 Å². The van der Waals surface area contributed by atoms with Crippen LogP contribution in [0.25, 0.3) is 0 Å². The molecule has 1 heterocycles. The van der Waals surface area contributed by atoms with E-state index < -0.39 is 16.6 Å². The van der Waals surface area contributed by atoms with Crippen LogP contribution in [0.5, 0.6) is 11.5 Å². The lowest BCUT2D eigenvalue weighted by atomic mass is 9.65. The maximum Gasteiger partial charge on any atom is 0.387 e. The Labute approximate surface area is 198 Å². The largest absolute Gasteiger partial charge is 0.493 e. The molecule has 10 heteroatoms. The van der Waals surface area contributed by atoms with Gasteiger partial charge in [0.25, 0.3) is 10.0 Å². The molecular formula is C24H29F2N3O4S. The SMILES string of the molecule is COc1cc([C@@]23CC/C(=N\NS(=O)(=O)c4ccc(C)cc4)C[C@@H]2N(C)CC3)ccc1OC(F)F. The lowest BCUT2D eigenvalue weighted by Gasteiger charge is -2.42. The average Bonchev–Trinajstić information content (AvgIpc) is 3.15. The summed E-state index contributed by atoms with van der Waals surface area (Å²) in [6.45, 7) is -0.170. The third-order valence-electron chi connectivity index (χ3n) is 6.98. The van der Waals surface area contributed by atoms with Crippen molar-refractivity contribution in [2.45, 2.75) is 55.6 Å². The number of hydrogen-bond donors (Lipinski definition) is 1. The van der Waals surface area contributed by atoms with Crippen LogP contribution in [0.3, 0.4) is 0 Å². The Morgan fingerprint density at radius 2 is 1.88 bits per heavy atom. The normalized spacial score (nSPS) is 24.3. The van der Waals surface area contributed by atoms with E-state index in [0.29, 0.717) is 12.8 Å². The van der Waals surface area contributed by atoms with Gasteiger partial charge in [-0.2, -0.15) is 22.3 Å². The molecule has 2 atom stereocenters. The number of halogens is 2. The number of nitrogens with zero attached hydrogens (tertiary/aromatic N) is 2. The van der Waals surface area contributed by atoms with Gasteiger partial charge in [0, 0.05) is 23.6 Å². The van der Waals surface area contributed by atoms with E-state index in [1.54, 1.807) is 30.3 Å². The Kier molecular flexibility index (Phi) is 6.82. The van der Waals surface area contributed by atoms with E-state index in [4.69, 9.17) is 4.74 Å². The van der Waals surface area contributed by atoms with Crippen LogP contribution in [0, 0.1) is 6.92 Å². The molecule has 184 valence electrons. The highest BCUT2D eigenvalue weighted by molar-refractivity contribution is 7.89. The van der Waals surface area contributed by atoms with Crippen LogP contribution in [-0.4, -0.2) is 52.4 Å². The van der Waals surface area contributed by atoms with Gasteiger partial charge < -0.3 is 14.4 Å². The summed E-state index contributed by atoms with van der Waals surface area (Å²) in [7, 11) is -0.277. The van der Waals surface area contributed by atoms with Gasteiger partial charge in [-0.25, -0.2) is 4.83 Å². The number of hydrazone groups is 1. The number of ether oxygens (including phenoxy) is 2. The molecule has 0 aromatic heterocycles. The predicted octanol–water partition coefficient (Wildman–Crippen LogP) is 4.07. The van der Waals surface area contributed by atoms with Crippen molar-refractivity contribution in [2.75, 3.05) is 20.7 Å². The van der Waals surface area contributed by atoms with Gasteiger partial charge in [0.15, 0.2) is 11.5 Å².